The molecule has 0 aliphatic heterocycles. The van der Waals surface area contributed by atoms with Crippen molar-refractivity contribution < 1.29 is 0 Å². The zero-order chi connectivity index (χ0) is 15.0. The molecule has 0 bridgehead atoms. The molecule has 3 atom stereocenters. The fourth-order valence-corrected chi connectivity index (χ4v) is 2.65. The summed E-state index contributed by atoms with van der Waals surface area (Å²) < 4.78 is 0. The van der Waals surface area contributed by atoms with E-state index in [1.807, 2.05) is 0 Å². The average Bonchev–Trinajstić information content (AvgIpc) is 2.51. The van der Waals surface area contributed by atoms with Crippen molar-refractivity contribution in [3.8, 4) is 0 Å². The molecule has 0 saturated heterocycles. The number of hydrogen-bond donors (Lipinski definition) is 1. The van der Waals surface area contributed by atoms with Crippen LogP contribution in [0.25, 0.3) is 0 Å². The largest absolute Gasteiger partial charge is 0.312 e. The highest BCUT2D eigenvalue weighted by atomic mass is 15.2. The predicted molar refractivity (Wildman–Crippen MR) is 89.0 cm³/mol. The number of likely N-dealkylation sites (N-methyl/N-ethyl adjacent to an activating group) is 1. The zero-order valence-electron chi connectivity index (χ0n) is 13.9. The first kappa shape index (κ1) is 17.2. The first-order chi connectivity index (χ1) is 9.63. The van der Waals surface area contributed by atoms with Crippen LogP contribution in [0.1, 0.15) is 52.6 Å². The van der Waals surface area contributed by atoms with Gasteiger partial charge in [-0.2, -0.15) is 0 Å². The molecular formula is C18H32N2. The maximum absolute atomic E-state index is 3.74. The van der Waals surface area contributed by atoms with Gasteiger partial charge in [0.2, 0.25) is 0 Å². The van der Waals surface area contributed by atoms with E-state index in [0.717, 1.165) is 25.6 Å². The maximum atomic E-state index is 3.74. The Balaban J connectivity index is 2.74. The van der Waals surface area contributed by atoms with Gasteiger partial charge in [-0.05, 0) is 31.5 Å². The van der Waals surface area contributed by atoms with Crippen molar-refractivity contribution in [3.63, 3.8) is 0 Å². The van der Waals surface area contributed by atoms with Gasteiger partial charge in [0.25, 0.3) is 0 Å². The lowest BCUT2D eigenvalue weighted by Gasteiger charge is -2.32. The van der Waals surface area contributed by atoms with E-state index in [1.165, 1.54) is 12.0 Å². The van der Waals surface area contributed by atoms with Gasteiger partial charge in [0.05, 0.1) is 0 Å². The number of nitrogens with one attached hydrogen (secondary N) is 1. The van der Waals surface area contributed by atoms with Crippen molar-refractivity contribution in [2.24, 2.45) is 5.92 Å². The van der Waals surface area contributed by atoms with Gasteiger partial charge in [-0.1, -0.05) is 64.4 Å². The van der Waals surface area contributed by atoms with E-state index in [1.54, 1.807) is 0 Å². The Morgan fingerprint density at radius 3 is 2.10 bits per heavy atom. The topological polar surface area (TPSA) is 15.3 Å². The summed E-state index contributed by atoms with van der Waals surface area (Å²) in [6.45, 7) is 14.6. The molecule has 0 radical (unpaired) electrons. The third-order valence-electron chi connectivity index (χ3n) is 4.57. The molecule has 1 N–H and O–H groups in total. The van der Waals surface area contributed by atoms with Crippen LogP contribution in [0.2, 0.25) is 0 Å². The van der Waals surface area contributed by atoms with E-state index in [4.69, 9.17) is 0 Å². The van der Waals surface area contributed by atoms with Crippen LogP contribution in [0.15, 0.2) is 30.3 Å². The second-order valence-corrected chi connectivity index (χ2v) is 5.73. The summed E-state index contributed by atoms with van der Waals surface area (Å²) in [6.07, 6.45) is 1.23. The molecule has 0 spiro atoms. The van der Waals surface area contributed by atoms with Crippen molar-refractivity contribution in [1.29, 1.82) is 0 Å². The Morgan fingerprint density at radius 1 is 1.00 bits per heavy atom. The Morgan fingerprint density at radius 2 is 1.60 bits per heavy atom. The Bertz CT molecular complexity index is 346. The lowest BCUT2D eigenvalue weighted by molar-refractivity contribution is 0.204. The van der Waals surface area contributed by atoms with Gasteiger partial charge in [0, 0.05) is 18.6 Å². The van der Waals surface area contributed by atoms with Gasteiger partial charge in [0.15, 0.2) is 0 Å². The highest BCUT2D eigenvalue weighted by Gasteiger charge is 2.19. The number of rotatable bonds is 9. The van der Waals surface area contributed by atoms with E-state index >= 15 is 0 Å². The third kappa shape index (κ3) is 4.92. The van der Waals surface area contributed by atoms with E-state index in [0.29, 0.717) is 12.1 Å². The molecule has 0 amide bonds. The van der Waals surface area contributed by atoms with Crippen molar-refractivity contribution in [2.45, 2.75) is 53.1 Å². The minimum atomic E-state index is 0.470. The molecule has 0 aliphatic carbocycles. The Labute approximate surface area is 125 Å². The molecule has 1 aromatic rings. The first-order valence-electron chi connectivity index (χ1n) is 8.16. The normalized spacial score (nSPS) is 16.1. The first-order valence-corrected chi connectivity index (χ1v) is 8.16. The van der Waals surface area contributed by atoms with Crippen LogP contribution in [0, 0.1) is 5.92 Å². The van der Waals surface area contributed by atoms with E-state index in [-0.39, 0.29) is 0 Å². The highest BCUT2D eigenvalue weighted by Crippen LogP contribution is 2.20. The number of benzene rings is 1. The minimum absolute atomic E-state index is 0.470. The molecule has 20 heavy (non-hydrogen) atoms. The molecule has 2 heteroatoms. The molecule has 0 heterocycles. The average molecular weight is 276 g/mol. The molecule has 1 rings (SSSR count). The number of hydrogen-bond acceptors (Lipinski definition) is 2. The van der Waals surface area contributed by atoms with Gasteiger partial charge < -0.3 is 5.32 Å². The molecule has 3 unspecified atom stereocenters. The van der Waals surface area contributed by atoms with E-state index in [9.17, 15) is 0 Å². The molecule has 0 saturated carbocycles. The van der Waals surface area contributed by atoms with Crippen molar-refractivity contribution >= 4 is 0 Å². The Kier molecular flexibility index (Phi) is 7.86. The van der Waals surface area contributed by atoms with Crippen LogP contribution in [0.3, 0.4) is 0 Å². The third-order valence-corrected chi connectivity index (χ3v) is 4.57. The van der Waals surface area contributed by atoms with Crippen molar-refractivity contribution in [2.75, 3.05) is 19.6 Å². The minimum Gasteiger partial charge on any atom is -0.312 e. The second-order valence-electron chi connectivity index (χ2n) is 5.73. The van der Waals surface area contributed by atoms with Gasteiger partial charge in [-0.3, -0.25) is 4.90 Å². The van der Waals surface area contributed by atoms with Gasteiger partial charge in [-0.25, -0.2) is 0 Å². The molecule has 0 fully saturated rings. The zero-order valence-corrected chi connectivity index (χ0v) is 13.9. The highest BCUT2D eigenvalue weighted by molar-refractivity contribution is 5.19. The lowest BCUT2D eigenvalue weighted by atomic mass is 9.99. The smallest absolute Gasteiger partial charge is 0.0472 e. The standard InChI is InChI=1S/C18H32N2/c1-6-15(4)16(5)19-14-18(20(7-2)8-3)17-12-10-9-11-13-17/h9-13,15-16,18-19H,6-8,14H2,1-5H3. The fourth-order valence-electron chi connectivity index (χ4n) is 2.65. The fraction of sp³-hybridized carbons (Fsp3) is 0.667. The quantitative estimate of drug-likeness (QED) is 0.730. The summed E-state index contributed by atoms with van der Waals surface area (Å²) in [5.41, 5.74) is 1.42. The molecule has 2 nitrogen and oxygen atoms in total. The predicted octanol–water partition coefficient (Wildman–Crippen LogP) is 4.09. The number of nitrogens with zero attached hydrogens (tertiary/aromatic N) is 1. The SMILES string of the molecule is CCC(C)C(C)NCC(c1ccccc1)N(CC)CC. The summed E-state index contributed by atoms with van der Waals surface area (Å²) in [5, 5.41) is 3.74. The maximum Gasteiger partial charge on any atom is 0.0472 e. The van der Waals surface area contributed by atoms with Crippen molar-refractivity contribution in [1.82, 2.24) is 10.2 Å². The van der Waals surface area contributed by atoms with E-state index in [2.05, 4.69) is 75.2 Å². The van der Waals surface area contributed by atoms with Crippen LogP contribution < -0.4 is 5.32 Å². The summed E-state index contributed by atoms with van der Waals surface area (Å²) in [7, 11) is 0. The van der Waals surface area contributed by atoms with Crippen LogP contribution in [-0.4, -0.2) is 30.6 Å². The van der Waals surface area contributed by atoms with Crippen molar-refractivity contribution in [3.05, 3.63) is 35.9 Å². The van der Waals surface area contributed by atoms with Gasteiger partial charge in [-0.15, -0.1) is 0 Å². The molecular weight excluding hydrogens is 244 g/mol. The molecule has 0 aliphatic rings. The van der Waals surface area contributed by atoms with E-state index < -0.39 is 0 Å². The summed E-state index contributed by atoms with van der Waals surface area (Å²) in [4.78, 5) is 2.53. The molecule has 1 aromatic carbocycles. The monoisotopic (exact) mass is 276 g/mol. The van der Waals surface area contributed by atoms with Crippen LogP contribution in [0.5, 0.6) is 0 Å². The van der Waals surface area contributed by atoms with Gasteiger partial charge >= 0.3 is 0 Å². The second kappa shape index (κ2) is 9.15. The molecule has 0 aromatic heterocycles. The summed E-state index contributed by atoms with van der Waals surface area (Å²) in [6, 6.07) is 11.9. The Hall–Kier alpha value is -0.860. The summed E-state index contributed by atoms with van der Waals surface area (Å²) in [5.74, 6) is 0.725. The molecule has 114 valence electrons. The van der Waals surface area contributed by atoms with Crippen LogP contribution in [-0.2, 0) is 0 Å². The summed E-state index contributed by atoms with van der Waals surface area (Å²) >= 11 is 0. The van der Waals surface area contributed by atoms with Gasteiger partial charge in [0.1, 0.15) is 0 Å². The van der Waals surface area contributed by atoms with Crippen LogP contribution >= 0.6 is 0 Å². The van der Waals surface area contributed by atoms with Crippen LogP contribution in [0.4, 0.5) is 0 Å². The lowest BCUT2D eigenvalue weighted by Crippen LogP contribution is -2.40.